The molecule has 1 heterocycles. The van der Waals surface area contributed by atoms with E-state index in [-0.39, 0.29) is 17.5 Å². The fourth-order valence-electron chi connectivity index (χ4n) is 1.30. The summed E-state index contributed by atoms with van der Waals surface area (Å²) in [5.41, 5.74) is 0.373. The molecule has 1 aromatic heterocycles. The number of ether oxygens (including phenoxy) is 1. The lowest BCUT2D eigenvalue weighted by Crippen LogP contribution is -1.99. The summed E-state index contributed by atoms with van der Waals surface area (Å²) in [7, 11) is 1.32. The van der Waals surface area contributed by atoms with Crippen molar-refractivity contribution in [3.63, 3.8) is 0 Å². The highest BCUT2D eigenvalue weighted by atomic mass is 35.5. The molecule has 0 bridgehead atoms. The predicted molar refractivity (Wildman–Crippen MR) is 60.5 cm³/mol. The summed E-state index contributed by atoms with van der Waals surface area (Å²) in [6.45, 7) is 0. The highest BCUT2D eigenvalue weighted by molar-refractivity contribution is 6.30. The van der Waals surface area contributed by atoms with Crippen LogP contribution in [0.15, 0.2) is 28.7 Å². The number of aromatic nitrogens is 1. The minimum Gasteiger partial charge on any atom is -0.476 e. The molecule has 0 aliphatic rings. The molecule has 0 unspecified atom stereocenters. The van der Waals surface area contributed by atoms with E-state index >= 15 is 0 Å². The number of rotatable bonds is 3. The first-order chi connectivity index (χ1) is 8.11. The molecule has 0 atom stereocenters. The first-order valence-corrected chi connectivity index (χ1v) is 5.03. The molecule has 17 heavy (non-hydrogen) atoms. The number of hydrogen-bond acceptors (Lipinski definition) is 4. The van der Waals surface area contributed by atoms with Crippen molar-refractivity contribution in [2.45, 2.75) is 0 Å². The molecule has 0 saturated heterocycles. The molecule has 0 amide bonds. The monoisotopic (exact) mass is 253 g/mol. The lowest BCUT2D eigenvalue weighted by atomic mass is 10.2. The Morgan fingerprint density at radius 3 is 2.53 bits per heavy atom. The summed E-state index contributed by atoms with van der Waals surface area (Å²) >= 11 is 5.74. The molecule has 5 nitrogen and oxygen atoms in total. The van der Waals surface area contributed by atoms with Gasteiger partial charge in [-0.05, 0) is 24.3 Å². The minimum atomic E-state index is -1.20. The lowest BCUT2D eigenvalue weighted by Gasteiger charge is -1.94. The number of hydrogen-bond donors (Lipinski definition) is 1. The summed E-state index contributed by atoms with van der Waals surface area (Å²) in [6.07, 6.45) is 0. The van der Waals surface area contributed by atoms with E-state index in [1.54, 1.807) is 24.3 Å². The van der Waals surface area contributed by atoms with Gasteiger partial charge in [-0.25, -0.2) is 4.79 Å². The molecule has 0 spiro atoms. The number of carboxylic acid groups (broad SMARTS) is 1. The van der Waals surface area contributed by atoms with Gasteiger partial charge in [-0.2, -0.15) is 4.98 Å². The molecular formula is C11H8ClNO4. The van der Waals surface area contributed by atoms with Crippen LogP contribution in [0.25, 0.3) is 11.5 Å². The van der Waals surface area contributed by atoms with Crippen molar-refractivity contribution in [1.29, 1.82) is 0 Å². The first kappa shape index (κ1) is 11.5. The maximum Gasteiger partial charge on any atom is 0.362 e. The van der Waals surface area contributed by atoms with Gasteiger partial charge in [-0.15, -0.1) is 0 Å². The van der Waals surface area contributed by atoms with E-state index < -0.39 is 5.97 Å². The van der Waals surface area contributed by atoms with Crippen LogP contribution in [0.3, 0.4) is 0 Å². The maximum atomic E-state index is 10.9. The highest BCUT2D eigenvalue weighted by Crippen LogP contribution is 2.27. The van der Waals surface area contributed by atoms with Crippen LogP contribution >= 0.6 is 11.6 Å². The van der Waals surface area contributed by atoms with Gasteiger partial charge < -0.3 is 14.3 Å². The second-order valence-corrected chi connectivity index (χ2v) is 3.61. The van der Waals surface area contributed by atoms with Crippen LogP contribution in [0.1, 0.15) is 10.5 Å². The first-order valence-electron chi connectivity index (χ1n) is 4.66. The zero-order chi connectivity index (χ0) is 12.4. The zero-order valence-electron chi connectivity index (χ0n) is 8.81. The number of benzene rings is 1. The fraction of sp³-hybridized carbons (Fsp3) is 0.0909. The Morgan fingerprint density at radius 1 is 1.41 bits per heavy atom. The van der Waals surface area contributed by atoms with Crippen LogP contribution in [-0.4, -0.2) is 23.2 Å². The van der Waals surface area contributed by atoms with E-state index in [1.807, 2.05) is 0 Å². The molecule has 0 aliphatic heterocycles. The quantitative estimate of drug-likeness (QED) is 0.910. The van der Waals surface area contributed by atoms with Crippen molar-refractivity contribution >= 4 is 17.6 Å². The zero-order valence-corrected chi connectivity index (χ0v) is 9.56. The van der Waals surface area contributed by atoms with Gasteiger partial charge >= 0.3 is 11.9 Å². The van der Waals surface area contributed by atoms with Gasteiger partial charge in [0.2, 0.25) is 11.6 Å². The number of halogens is 1. The van der Waals surface area contributed by atoms with Gasteiger partial charge in [0.15, 0.2) is 0 Å². The van der Waals surface area contributed by atoms with Gasteiger partial charge in [-0.1, -0.05) is 11.6 Å². The summed E-state index contributed by atoms with van der Waals surface area (Å²) < 4.78 is 9.99. The van der Waals surface area contributed by atoms with E-state index in [0.717, 1.165) is 0 Å². The number of carboxylic acids is 1. The number of methoxy groups -OCH3 is 1. The Kier molecular flexibility index (Phi) is 3.01. The summed E-state index contributed by atoms with van der Waals surface area (Å²) in [4.78, 5) is 14.7. The van der Waals surface area contributed by atoms with Crippen LogP contribution < -0.4 is 4.74 Å². The highest BCUT2D eigenvalue weighted by Gasteiger charge is 2.20. The van der Waals surface area contributed by atoms with Crippen molar-refractivity contribution < 1.29 is 19.1 Å². The Morgan fingerprint density at radius 2 is 2.06 bits per heavy atom. The molecule has 0 saturated carbocycles. The number of aromatic carboxylic acids is 1. The largest absolute Gasteiger partial charge is 0.476 e. The average molecular weight is 254 g/mol. The Bertz CT molecular complexity index is 547. The van der Waals surface area contributed by atoms with E-state index in [4.69, 9.17) is 25.9 Å². The van der Waals surface area contributed by atoms with Crippen molar-refractivity contribution in [2.24, 2.45) is 0 Å². The van der Waals surface area contributed by atoms with Crippen molar-refractivity contribution in [3.8, 4) is 17.4 Å². The molecule has 1 aromatic carbocycles. The molecule has 0 aliphatic carbocycles. The lowest BCUT2D eigenvalue weighted by molar-refractivity contribution is 0.0685. The molecule has 88 valence electrons. The summed E-state index contributed by atoms with van der Waals surface area (Å²) in [6, 6.07) is 6.68. The normalized spacial score (nSPS) is 10.2. The van der Waals surface area contributed by atoms with Gasteiger partial charge in [0, 0.05) is 10.6 Å². The van der Waals surface area contributed by atoms with Gasteiger partial charge in [0.05, 0.1) is 7.11 Å². The van der Waals surface area contributed by atoms with E-state index in [1.165, 1.54) is 7.11 Å². The van der Waals surface area contributed by atoms with Crippen LogP contribution in [0, 0.1) is 0 Å². The SMILES string of the molecule is COc1oc(-c2ccc(Cl)cc2)nc1C(=O)O. The number of carbonyl (C=O) groups is 1. The summed E-state index contributed by atoms with van der Waals surface area (Å²) in [5.74, 6) is -1.15. The third kappa shape index (κ3) is 2.24. The maximum absolute atomic E-state index is 10.9. The third-order valence-corrected chi connectivity index (χ3v) is 2.33. The summed E-state index contributed by atoms with van der Waals surface area (Å²) in [5, 5.41) is 9.45. The Hall–Kier alpha value is -2.01. The average Bonchev–Trinajstić information content (AvgIpc) is 2.74. The number of nitrogens with zero attached hydrogens (tertiary/aromatic N) is 1. The van der Waals surface area contributed by atoms with Crippen LogP contribution in [0.2, 0.25) is 5.02 Å². The van der Waals surface area contributed by atoms with E-state index in [9.17, 15) is 4.79 Å². The second kappa shape index (κ2) is 4.47. The molecule has 0 radical (unpaired) electrons. The van der Waals surface area contributed by atoms with Crippen LogP contribution in [0.4, 0.5) is 0 Å². The van der Waals surface area contributed by atoms with Crippen molar-refractivity contribution in [2.75, 3.05) is 7.11 Å². The van der Waals surface area contributed by atoms with E-state index in [0.29, 0.717) is 10.6 Å². The Balaban J connectivity index is 2.46. The van der Waals surface area contributed by atoms with Gasteiger partial charge in [0.25, 0.3) is 0 Å². The Labute approximate surface area is 102 Å². The molecule has 2 aromatic rings. The minimum absolute atomic E-state index is 0.123. The molecule has 6 heteroatoms. The fourth-order valence-corrected chi connectivity index (χ4v) is 1.42. The van der Waals surface area contributed by atoms with Gasteiger partial charge in [0.1, 0.15) is 0 Å². The molecule has 1 N–H and O–H groups in total. The van der Waals surface area contributed by atoms with Crippen molar-refractivity contribution in [3.05, 3.63) is 35.0 Å². The van der Waals surface area contributed by atoms with Crippen LogP contribution in [0.5, 0.6) is 5.95 Å². The molecule has 2 rings (SSSR count). The third-order valence-electron chi connectivity index (χ3n) is 2.08. The van der Waals surface area contributed by atoms with Crippen LogP contribution in [-0.2, 0) is 0 Å². The molecule has 0 fully saturated rings. The van der Waals surface area contributed by atoms with Crippen molar-refractivity contribution in [1.82, 2.24) is 4.98 Å². The smallest absolute Gasteiger partial charge is 0.362 e. The van der Waals surface area contributed by atoms with E-state index in [2.05, 4.69) is 4.98 Å². The molecular weight excluding hydrogens is 246 g/mol. The standard InChI is InChI=1S/C11H8ClNO4/c1-16-11-8(10(14)15)13-9(17-11)6-2-4-7(12)5-3-6/h2-5H,1H3,(H,14,15). The number of oxazole rings is 1. The predicted octanol–water partition coefficient (Wildman–Crippen LogP) is 2.70. The topological polar surface area (TPSA) is 72.6 Å². The second-order valence-electron chi connectivity index (χ2n) is 3.17. The van der Waals surface area contributed by atoms with Gasteiger partial charge in [-0.3, -0.25) is 0 Å².